The van der Waals surface area contributed by atoms with Gasteiger partial charge in [0.25, 0.3) is 10.0 Å². The van der Waals surface area contributed by atoms with Crippen molar-refractivity contribution in [2.75, 3.05) is 37.1 Å². The van der Waals surface area contributed by atoms with Crippen LogP contribution in [0.15, 0.2) is 119 Å². The topological polar surface area (TPSA) is 122 Å². The van der Waals surface area contributed by atoms with E-state index in [1.165, 1.54) is 28.6 Å². The number of ether oxygens (including phenoxy) is 2. The van der Waals surface area contributed by atoms with Gasteiger partial charge in [-0.2, -0.15) is 4.31 Å². The Hall–Kier alpha value is -4.39. The molecule has 45 heavy (non-hydrogen) atoms. The maximum absolute atomic E-state index is 13.6. The molecule has 10 nitrogen and oxygen atoms in total. The molecule has 0 radical (unpaired) electrons. The predicted octanol–water partition coefficient (Wildman–Crippen LogP) is 5.04. The average Bonchev–Trinajstić information content (AvgIpc) is 3.07. The Kier molecular flexibility index (Phi) is 10.4. The summed E-state index contributed by atoms with van der Waals surface area (Å²) in [5.41, 5.74) is 0.297. The second kappa shape index (κ2) is 14.6. The van der Waals surface area contributed by atoms with Crippen LogP contribution in [0.1, 0.15) is 19.3 Å². The summed E-state index contributed by atoms with van der Waals surface area (Å²) in [4.78, 5) is 13.2. The van der Waals surface area contributed by atoms with Crippen LogP contribution in [-0.2, 0) is 24.8 Å². The summed E-state index contributed by atoms with van der Waals surface area (Å²) >= 11 is 0. The second-order valence-corrected chi connectivity index (χ2v) is 14.2. The van der Waals surface area contributed by atoms with Gasteiger partial charge in [0.2, 0.25) is 15.9 Å². The van der Waals surface area contributed by atoms with Crippen molar-refractivity contribution in [2.45, 2.75) is 29.1 Å². The van der Waals surface area contributed by atoms with Crippen molar-refractivity contribution in [3.63, 3.8) is 0 Å². The van der Waals surface area contributed by atoms with Crippen molar-refractivity contribution in [1.82, 2.24) is 9.62 Å². The quantitative estimate of drug-likeness (QED) is 0.201. The number of benzene rings is 4. The van der Waals surface area contributed by atoms with Gasteiger partial charge >= 0.3 is 0 Å². The molecule has 1 aliphatic heterocycles. The molecule has 4 aromatic carbocycles. The first kappa shape index (κ1) is 32.0. The van der Waals surface area contributed by atoms with Gasteiger partial charge in [0.15, 0.2) is 0 Å². The fourth-order valence-corrected chi connectivity index (χ4v) is 7.81. The fraction of sp³-hybridized carbons (Fsp3) is 0.242. The monoisotopic (exact) mass is 649 g/mol. The molecule has 1 fully saturated rings. The van der Waals surface area contributed by atoms with E-state index >= 15 is 0 Å². The molecule has 0 unspecified atom stereocenters. The molecule has 1 heterocycles. The van der Waals surface area contributed by atoms with Crippen LogP contribution in [0.5, 0.6) is 17.2 Å². The van der Waals surface area contributed by atoms with Crippen LogP contribution in [0.4, 0.5) is 5.69 Å². The van der Waals surface area contributed by atoms with Crippen LogP contribution < -0.4 is 19.1 Å². The number of sulfonamides is 2. The molecule has 5 rings (SSSR count). The molecule has 1 saturated heterocycles. The van der Waals surface area contributed by atoms with Crippen LogP contribution in [0.25, 0.3) is 0 Å². The van der Waals surface area contributed by atoms with Gasteiger partial charge in [-0.25, -0.2) is 16.8 Å². The molecule has 0 bridgehead atoms. The molecule has 0 aliphatic carbocycles. The molecule has 1 amide bonds. The molecule has 0 spiro atoms. The maximum Gasteiger partial charge on any atom is 0.264 e. The molecule has 12 heteroatoms. The molecule has 1 N–H and O–H groups in total. The third-order valence-electron chi connectivity index (χ3n) is 7.19. The Labute approximate surface area is 264 Å². The highest BCUT2D eigenvalue weighted by atomic mass is 32.2. The lowest BCUT2D eigenvalue weighted by Crippen LogP contribution is -2.41. The van der Waals surface area contributed by atoms with E-state index in [0.717, 1.165) is 23.6 Å². The van der Waals surface area contributed by atoms with Gasteiger partial charge < -0.3 is 14.8 Å². The number of hydrogen-bond acceptors (Lipinski definition) is 7. The minimum absolute atomic E-state index is 0.0523. The number of para-hydroxylation sites is 1. The van der Waals surface area contributed by atoms with E-state index in [2.05, 4.69) is 5.32 Å². The normalized spacial score (nSPS) is 14.0. The number of amides is 1. The zero-order valence-electron chi connectivity index (χ0n) is 24.6. The lowest BCUT2D eigenvalue weighted by molar-refractivity contribution is -0.119. The van der Waals surface area contributed by atoms with E-state index in [1.807, 2.05) is 30.3 Å². The molecule has 0 saturated carbocycles. The van der Waals surface area contributed by atoms with Crippen LogP contribution >= 0.6 is 0 Å². The first-order valence-electron chi connectivity index (χ1n) is 14.6. The lowest BCUT2D eigenvalue weighted by atomic mass is 10.2. The number of hydrogen-bond donors (Lipinski definition) is 1. The van der Waals surface area contributed by atoms with Crippen LogP contribution in [-0.4, -0.2) is 59.8 Å². The largest absolute Gasteiger partial charge is 0.492 e. The fourth-order valence-electron chi connectivity index (χ4n) is 4.85. The summed E-state index contributed by atoms with van der Waals surface area (Å²) < 4.78 is 67.0. The van der Waals surface area contributed by atoms with E-state index < -0.39 is 32.5 Å². The van der Waals surface area contributed by atoms with Gasteiger partial charge in [-0.05, 0) is 85.6 Å². The SMILES string of the molecule is O=C(CN(c1ccc(Oc2ccccc2)cc1)S(=O)(=O)c1ccccc1)NCCOc1ccc(S(=O)(=O)N2CCCCC2)cc1. The van der Waals surface area contributed by atoms with Gasteiger partial charge in [0.1, 0.15) is 30.4 Å². The molecular formula is C33H35N3O7S2. The van der Waals surface area contributed by atoms with E-state index in [-0.39, 0.29) is 22.9 Å². The first-order chi connectivity index (χ1) is 21.7. The van der Waals surface area contributed by atoms with E-state index in [0.29, 0.717) is 36.0 Å². The number of anilines is 1. The first-order valence-corrected chi connectivity index (χ1v) is 17.5. The van der Waals surface area contributed by atoms with Gasteiger partial charge in [-0.15, -0.1) is 0 Å². The molecule has 0 atom stereocenters. The highest BCUT2D eigenvalue weighted by molar-refractivity contribution is 7.92. The zero-order chi connectivity index (χ0) is 31.7. The molecule has 236 valence electrons. The van der Waals surface area contributed by atoms with Crippen molar-refractivity contribution in [3.05, 3.63) is 109 Å². The summed E-state index contributed by atoms with van der Waals surface area (Å²) in [5.74, 6) is 1.08. The lowest BCUT2D eigenvalue weighted by Gasteiger charge is -2.25. The standard InChI is InChI=1S/C33H35N3O7S2/c37-33(34-22-25-42-28-18-20-32(21-19-28)44(38,39)35-23-8-3-9-24-35)26-36(45(40,41)31-12-6-2-7-13-31)27-14-16-30(17-15-27)43-29-10-4-1-5-11-29/h1-2,4-7,10-21H,3,8-9,22-26H2,(H,34,37). The molecule has 0 aromatic heterocycles. The Morgan fingerprint density at radius 2 is 1.27 bits per heavy atom. The number of nitrogens with zero attached hydrogens (tertiary/aromatic N) is 2. The van der Waals surface area contributed by atoms with E-state index in [9.17, 15) is 21.6 Å². The maximum atomic E-state index is 13.6. The minimum atomic E-state index is -4.07. The molecule has 1 aliphatic rings. The molecule has 4 aromatic rings. The Morgan fingerprint density at radius 1 is 0.689 bits per heavy atom. The summed E-state index contributed by atoms with van der Waals surface area (Å²) in [6.07, 6.45) is 2.75. The summed E-state index contributed by atoms with van der Waals surface area (Å²) in [7, 11) is -7.61. The predicted molar refractivity (Wildman–Crippen MR) is 171 cm³/mol. The summed E-state index contributed by atoms with van der Waals surface area (Å²) in [5, 5.41) is 2.70. The summed E-state index contributed by atoms with van der Waals surface area (Å²) in [6.45, 7) is 0.798. The van der Waals surface area contributed by atoms with Crippen molar-refractivity contribution in [3.8, 4) is 17.2 Å². The number of nitrogens with one attached hydrogen (secondary N) is 1. The Bertz CT molecular complexity index is 1760. The minimum Gasteiger partial charge on any atom is -0.492 e. The Balaban J connectivity index is 1.20. The number of carbonyl (C=O) groups excluding carboxylic acids is 1. The van der Waals surface area contributed by atoms with Crippen LogP contribution in [0.2, 0.25) is 0 Å². The van der Waals surface area contributed by atoms with E-state index in [4.69, 9.17) is 9.47 Å². The zero-order valence-corrected chi connectivity index (χ0v) is 26.3. The number of piperidine rings is 1. The third-order valence-corrected chi connectivity index (χ3v) is 10.9. The van der Waals surface area contributed by atoms with Gasteiger partial charge in [0.05, 0.1) is 22.0 Å². The van der Waals surface area contributed by atoms with Crippen LogP contribution in [0, 0.1) is 0 Å². The van der Waals surface area contributed by atoms with Gasteiger partial charge in [-0.3, -0.25) is 9.10 Å². The number of rotatable bonds is 13. The van der Waals surface area contributed by atoms with Crippen molar-refractivity contribution >= 4 is 31.6 Å². The van der Waals surface area contributed by atoms with Gasteiger partial charge in [0, 0.05) is 13.1 Å². The van der Waals surface area contributed by atoms with Gasteiger partial charge in [-0.1, -0.05) is 42.8 Å². The van der Waals surface area contributed by atoms with Crippen molar-refractivity contribution < 1.29 is 31.1 Å². The van der Waals surface area contributed by atoms with Crippen molar-refractivity contribution in [1.29, 1.82) is 0 Å². The van der Waals surface area contributed by atoms with Crippen LogP contribution in [0.3, 0.4) is 0 Å². The smallest absolute Gasteiger partial charge is 0.264 e. The second-order valence-electron chi connectivity index (χ2n) is 10.4. The highest BCUT2D eigenvalue weighted by Crippen LogP contribution is 2.28. The van der Waals surface area contributed by atoms with E-state index in [1.54, 1.807) is 54.6 Å². The highest BCUT2D eigenvalue weighted by Gasteiger charge is 2.28. The Morgan fingerprint density at radius 3 is 1.91 bits per heavy atom. The summed E-state index contributed by atoms with van der Waals surface area (Å²) in [6, 6.07) is 29.8. The molecular weight excluding hydrogens is 615 g/mol. The third kappa shape index (κ3) is 8.21. The van der Waals surface area contributed by atoms with Crippen molar-refractivity contribution in [2.24, 2.45) is 0 Å². The average molecular weight is 650 g/mol. The number of carbonyl (C=O) groups is 1.